The fourth-order valence-corrected chi connectivity index (χ4v) is 0.831. The van der Waals surface area contributed by atoms with Gasteiger partial charge in [-0.25, -0.2) is 4.39 Å². The second-order valence-electron chi connectivity index (χ2n) is 2.28. The first-order valence-corrected chi connectivity index (χ1v) is 4.94. The van der Waals surface area contributed by atoms with Crippen LogP contribution in [0.1, 0.15) is 33.3 Å². The fraction of sp³-hybridized carbons (Fsp3) is 0.545. The van der Waals surface area contributed by atoms with Crippen molar-refractivity contribution in [3.63, 3.8) is 0 Å². The quantitative estimate of drug-likeness (QED) is 0.632. The van der Waals surface area contributed by atoms with Crippen LogP contribution in [0.2, 0.25) is 0 Å². The summed E-state index contributed by atoms with van der Waals surface area (Å²) in [5.41, 5.74) is 0.171. The molecule has 0 spiro atoms. The Kier molecular flexibility index (Phi) is 9.30. The smallest absolute Gasteiger partial charge is 0.286 e. The molecule has 0 fully saturated rings. The van der Waals surface area contributed by atoms with Crippen molar-refractivity contribution in [2.75, 3.05) is 0 Å². The molecule has 1 rings (SSSR count). The van der Waals surface area contributed by atoms with Gasteiger partial charge in [0.25, 0.3) is 5.56 Å². The molecule has 0 unspecified atom stereocenters. The summed E-state index contributed by atoms with van der Waals surface area (Å²) >= 11 is 0. The van der Waals surface area contributed by atoms with Crippen LogP contribution in [0.3, 0.4) is 0 Å². The van der Waals surface area contributed by atoms with Crippen molar-refractivity contribution in [3.8, 4) is 0 Å². The van der Waals surface area contributed by atoms with Crippen molar-refractivity contribution in [1.29, 1.82) is 0 Å². The maximum atomic E-state index is 12.5. The van der Waals surface area contributed by atoms with E-state index in [9.17, 15) is 9.18 Å². The van der Waals surface area contributed by atoms with Gasteiger partial charge in [-0.05, 0) is 18.6 Å². The Hall–Kier alpha value is -1.12. The van der Waals surface area contributed by atoms with Crippen LogP contribution in [-0.2, 0) is 7.05 Å². The molecule has 0 aliphatic rings. The molecule has 14 heavy (non-hydrogen) atoms. The van der Waals surface area contributed by atoms with Gasteiger partial charge in [0.05, 0.1) is 0 Å². The molecule has 0 saturated heterocycles. The van der Waals surface area contributed by atoms with Crippen LogP contribution < -0.4 is 5.56 Å². The van der Waals surface area contributed by atoms with E-state index in [1.807, 2.05) is 27.7 Å². The number of pyridine rings is 1. The molecular weight excluding hydrogens is 181 g/mol. The first-order chi connectivity index (χ1) is 6.61. The number of hydrogen-bond donors (Lipinski definition) is 0. The van der Waals surface area contributed by atoms with Gasteiger partial charge in [0, 0.05) is 13.2 Å². The Balaban J connectivity index is 0. The van der Waals surface area contributed by atoms with Crippen molar-refractivity contribution in [2.45, 2.75) is 34.6 Å². The van der Waals surface area contributed by atoms with Crippen molar-refractivity contribution in [1.82, 2.24) is 4.57 Å². The molecule has 0 N–H and O–H groups in total. The summed E-state index contributed by atoms with van der Waals surface area (Å²) in [4.78, 5) is 10.7. The van der Waals surface area contributed by atoms with Gasteiger partial charge < -0.3 is 4.57 Å². The molecule has 2 nitrogen and oxygen atoms in total. The first kappa shape index (κ1) is 15.4. The van der Waals surface area contributed by atoms with E-state index in [0.717, 1.165) is 5.56 Å². The summed E-state index contributed by atoms with van der Waals surface area (Å²) in [7, 11) is 1.53. The van der Waals surface area contributed by atoms with E-state index in [1.165, 1.54) is 17.7 Å². The monoisotopic (exact) mass is 201 g/mol. The number of rotatable bonds is 0. The lowest BCUT2D eigenvalue weighted by Crippen LogP contribution is -2.19. The zero-order chi connectivity index (χ0) is 11.7. The van der Waals surface area contributed by atoms with Crippen LogP contribution in [0.15, 0.2) is 17.1 Å². The van der Waals surface area contributed by atoms with Gasteiger partial charge in [0.2, 0.25) is 0 Å². The van der Waals surface area contributed by atoms with Crippen LogP contribution in [0.25, 0.3) is 0 Å². The molecule has 0 bridgehead atoms. The molecule has 1 aromatic rings. The predicted molar refractivity (Wildman–Crippen MR) is 59.1 cm³/mol. The van der Waals surface area contributed by atoms with Gasteiger partial charge in [0.1, 0.15) is 0 Å². The molecule has 0 radical (unpaired) electrons. The Morgan fingerprint density at radius 1 is 1.21 bits per heavy atom. The van der Waals surface area contributed by atoms with E-state index in [0.29, 0.717) is 0 Å². The average Bonchev–Trinajstić information content (AvgIpc) is 2.20. The maximum Gasteiger partial charge on any atom is 0.286 e. The zero-order valence-corrected chi connectivity index (χ0v) is 9.89. The van der Waals surface area contributed by atoms with Gasteiger partial charge in [-0.1, -0.05) is 27.7 Å². The highest BCUT2D eigenvalue weighted by atomic mass is 19.1. The molecule has 3 heteroatoms. The minimum atomic E-state index is -0.692. The lowest BCUT2D eigenvalue weighted by molar-refractivity contribution is 0.588. The third-order valence-electron chi connectivity index (χ3n) is 1.28. The lowest BCUT2D eigenvalue weighted by atomic mass is 10.3. The van der Waals surface area contributed by atoms with Gasteiger partial charge in [-0.3, -0.25) is 4.79 Å². The highest BCUT2D eigenvalue weighted by Crippen LogP contribution is 1.94. The molecule has 1 aromatic heterocycles. The second kappa shape index (κ2) is 8.48. The van der Waals surface area contributed by atoms with E-state index in [-0.39, 0.29) is 0 Å². The molecule has 0 aliphatic heterocycles. The summed E-state index contributed by atoms with van der Waals surface area (Å²) < 4.78 is 13.7. The molecule has 0 saturated carbocycles. The molecule has 0 amide bonds. The standard InChI is InChI=1S/C7H8FNO.2C2H6/c1-5-3-6(8)7(10)9(2)4-5;2*1-2/h3-4H,1-2H3;2*1-2H3. The number of hydrogen-bond acceptors (Lipinski definition) is 1. The van der Waals surface area contributed by atoms with Crippen molar-refractivity contribution in [3.05, 3.63) is 34.0 Å². The van der Waals surface area contributed by atoms with Crippen molar-refractivity contribution >= 4 is 0 Å². The van der Waals surface area contributed by atoms with Crippen LogP contribution >= 0.6 is 0 Å². The zero-order valence-electron chi connectivity index (χ0n) is 9.89. The van der Waals surface area contributed by atoms with Gasteiger partial charge in [0.15, 0.2) is 5.82 Å². The van der Waals surface area contributed by atoms with Crippen LogP contribution in [0.4, 0.5) is 4.39 Å². The fourth-order valence-electron chi connectivity index (χ4n) is 0.831. The minimum Gasteiger partial charge on any atom is -0.316 e. The number of aromatic nitrogens is 1. The molecular formula is C11H20FNO. The number of halogens is 1. The van der Waals surface area contributed by atoms with Crippen molar-refractivity contribution in [2.24, 2.45) is 7.05 Å². The Bertz CT molecular complexity index is 278. The molecule has 82 valence electrons. The Morgan fingerprint density at radius 2 is 1.64 bits per heavy atom. The summed E-state index contributed by atoms with van der Waals surface area (Å²) in [6, 6.07) is 1.22. The third kappa shape index (κ3) is 4.80. The first-order valence-electron chi connectivity index (χ1n) is 4.94. The topological polar surface area (TPSA) is 22.0 Å². The van der Waals surface area contributed by atoms with Gasteiger partial charge >= 0.3 is 0 Å². The average molecular weight is 201 g/mol. The van der Waals surface area contributed by atoms with Crippen LogP contribution in [0, 0.1) is 12.7 Å². The SMILES string of the molecule is CC.CC.Cc1cc(F)c(=O)n(C)c1. The van der Waals surface area contributed by atoms with Gasteiger partial charge in [-0.15, -0.1) is 0 Å². The van der Waals surface area contributed by atoms with E-state index < -0.39 is 11.4 Å². The highest BCUT2D eigenvalue weighted by Gasteiger charge is 1.98. The normalized spacial score (nSPS) is 7.93. The predicted octanol–water partition coefficient (Wildman–Crippen LogP) is 2.89. The molecule has 0 aromatic carbocycles. The van der Waals surface area contributed by atoms with Gasteiger partial charge in [-0.2, -0.15) is 0 Å². The molecule has 1 heterocycles. The van der Waals surface area contributed by atoms with Crippen LogP contribution in [0.5, 0.6) is 0 Å². The molecule has 0 atom stereocenters. The largest absolute Gasteiger partial charge is 0.316 e. The Morgan fingerprint density at radius 3 is 2.00 bits per heavy atom. The number of aryl methyl sites for hydroxylation is 2. The lowest BCUT2D eigenvalue weighted by Gasteiger charge is -1.97. The van der Waals surface area contributed by atoms with E-state index in [4.69, 9.17) is 0 Å². The van der Waals surface area contributed by atoms with Crippen LogP contribution in [-0.4, -0.2) is 4.57 Å². The van der Waals surface area contributed by atoms with E-state index in [1.54, 1.807) is 13.1 Å². The minimum absolute atomic E-state index is 0.578. The van der Waals surface area contributed by atoms with E-state index >= 15 is 0 Å². The maximum absolute atomic E-state index is 12.5. The third-order valence-corrected chi connectivity index (χ3v) is 1.28. The van der Waals surface area contributed by atoms with Crippen molar-refractivity contribution < 1.29 is 4.39 Å². The summed E-state index contributed by atoms with van der Waals surface area (Å²) in [5.74, 6) is -0.692. The Labute approximate surface area is 85.4 Å². The number of nitrogens with zero attached hydrogens (tertiary/aromatic N) is 1. The molecule has 0 aliphatic carbocycles. The van der Waals surface area contributed by atoms with E-state index in [2.05, 4.69) is 0 Å². The summed E-state index contributed by atoms with van der Waals surface area (Å²) in [5, 5.41) is 0. The summed E-state index contributed by atoms with van der Waals surface area (Å²) in [6.07, 6.45) is 1.59. The summed E-state index contributed by atoms with van der Waals surface area (Å²) in [6.45, 7) is 9.74. The highest BCUT2D eigenvalue weighted by molar-refractivity contribution is 5.08. The second-order valence-corrected chi connectivity index (χ2v) is 2.28.